The molecule has 0 saturated heterocycles. The van der Waals surface area contributed by atoms with Gasteiger partial charge in [-0.05, 0) is 30.3 Å². The zero-order chi connectivity index (χ0) is 20.4. The second-order valence-electron chi connectivity index (χ2n) is 5.75. The highest BCUT2D eigenvalue weighted by Crippen LogP contribution is 2.37. The maximum absolute atomic E-state index is 12.9. The molecule has 28 heavy (non-hydrogen) atoms. The molecule has 0 spiro atoms. The average Bonchev–Trinajstić information content (AvgIpc) is 3.03. The molecule has 7 nitrogen and oxygen atoms in total. The number of rotatable bonds is 6. The fraction of sp³-hybridized carbons (Fsp3) is 0.211. The molecule has 1 aromatic carbocycles. The molecular weight excluding hydrogens is 404 g/mol. The number of ketones is 1. The molecule has 2 aromatic heterocycles. The zero-order valence-corrected chi connectivity index (χ0v) is 16.9. The summed E-state index contributed by atoms with van der Waals surface area (Å²) in [5.74, 6) is -0.868. The molecule has 0 aliphatic rings. The lowest BCUT2D eigenvalue weighted by atomic mass is 10.1. The third kappa shape index (κ3) is 3.59. The van der Waals surface area contributed by atoms with E-state index in [1.807, 2.05) is 0 Å². The van der Waals surface area contributed by atoms with E-state index in [9.17, 15) is 9.59 Å². The summed E-state index contributed by atoms with van der Waals surface area (Å²) in [6, 6.07) is 8.05. The highest BCUT2D eigenvalue weighted by molar-refractivity contribution is 7.21. The van der Waals surface area contributed by atoms with Crippen LogP contribution in [0.5, 0.6) is 0 Å². The van der Waals surface area contributed by atoms with Crippen molar-refractivity contribution in [2.45, 2.75) is 6.29 Å². The van der Waals surface area contributed by atoms with E-state index in [0.717, 1.165) is 11.3 Å². The average molecular weight is 421 g/mol. The van der Waals surface area contributed by atoms with E-state index >= 15 is 0 Å². The number of anilines is 1. The van der Waals surface area contributed by atoms with Crippen molar-refractivity contribution < 1.29 is 23.8 Å². The second kappa shape index (κ2) is 8.24. The minimum atomic E-state index is -0.878. The summed E-state index contributed by atoms with van der Waals surface area (Å²) < 4.78 is 15.3. The number of aromatic nitrogens is 1. The summed E-state index contributed by atoms with van der Waals surface area (Å²) >= 11 is 7.01. The highest BCUT2D eigenvalue weighted by Gasteiger charge is 2.26. The van der Waals surface area contributed by atoms with E-state index in [-0.39, 0.29) is 22.7 Å². The summed E-state index contributed by atoms with van der Waals surface area (Å²) in [6.45, 7) is 0. The number of carbonyl (C=O) groups is 2. The number of ether oxygens (including phenoxy) is 3. The van der Waals surface area contributed by atoms with Crippen LogP contribution in [-0.2, 0) is 14.2 Å². The van der Waals surface area contributed by atoms with E-state index in [0.29, 0.717) is 25.7 Å². The number of hydrogen-bond acceptors (Lipinski definition) is 8. The largest absolute Gasteiger partial charge is 0.465 e. The van der Waals surface area contributed by atoms with Gasteiger partial charge in [0.15, 0.2) is 0 Å². The number of benzene rings is 1. The lowest BCUT2D eigenvalue weighted by Crippen LogP contribution is -2.14. The molecule has 0 fully saturated rings. The lowest BCUT2D eigenvalue weighted by molar-refractivity contribution is -0.108. The van der Waals surface area contributed by atoms with Gasteiger partial charge in [0.1, 0.15) is 15.4 Å². The Bertz CT molecular complexity index is 1040. The van der Waals surface area contributed by atoms with E-state index < -0.39 is 12.3 Å². The molecule has 2 heterocycles. The zero-order valence-electron chi connectivity index (χ0n) is 15.3. The van der Waals surface area contributed by atoms with Gasteiger partial charge in [0.2, 0.25) is 12.1 Å². The van der Waals surface area contributed by atoms with Crippen LogP contribution in [0.3, 0.4) is 0 Å². The molecule has 0 amide bonds. The molecule has 0 aliphatic carbocycles. The summed E-state index contributed by atoms with van der Waals surface area (Å²) in [6.07, 6.45) is -0.878. The number of pyridine rings is 1. The van der Waals surface area contributed by atoms with Crippen LogP contribution >= 0.6 is 22.9 Å². The molecule has 0 saturated carbocycles. The van der Waals surface area contributed by atoms with Crippen LogP contribution in [0.25, 0.3) is 10.2 Å². The molecule has 0 aliphatic heterocycles. The molecule has 9 heteroatoms. The maximum Gasteiger partial charge on any atom is 0.339 e. The number of hydrogen-bond donors (Lipinski definition) is 1. The molecule has 146 valence electrons. The first-order chi connectivity index (χ1) is 13.4. The van der Waals surface area contributed by atoms with Gasteiger partial charge in [-0.2, -0.15) is 0 Å². The lowest BCUT2D eigenvalue weighted by Gasteiger charge is -2.15. The van der Waals surface area contributed by atoms with Gasteiger partial charge in [-0.1, -0.05) is 11.6 Å². The number of nitrogens with zero attached hydrogens (tertiary/aromatic N) is 1. The van der Waals surface area contributed by atoms with Crippen LogP contribution in [0, 0.1) is 0 Å². The van der Waals surface area contributed by atoms with Crippen molar-refractivity contribution in [2.24, 2.45) is 0 Å². The van der Waals surface area contributed by atoms with Gasteiger partial charge in [-0.25, -0.2) is 9.78 Å². The van der Waals surface area contributed by atoms with E-state index in [1.165, 1.54) is 21.3 Å². The fourth-order valence-electron chi connectivity index (χ4n) is 2.73. The number of esters is 1. The van der Waals surface area contributed by atoms with Crippen molar-refractivity contribution in [3.8, 4) is 0 Å². The smallest absolute Gasteiger partial charge is 0.339 e. The van der Waals surface area contributed by atoms with Crippen LogP contribution < -0.4 is 5.73 Å². The summed E-state index contributed by atoms with van der Waals surface area (Å²) in [4.78, 5) is 30.4. The van der Waals surface area contributed by atoms with E-state index in [4.69, 9.17) is 31.5 Å². The summed E-state index contributed by atoms with van der Waals surface area (Å²) in [7, 11) is 4.12. The van der Waals surface area contributed by atoms with Crippen LogP contribution in [0.4, 0.5) is 5.69 Å². The van der Waals surface area contributed by atoms with E-state index in [2.05, 4.69) is 4.98 Å². The quantitative estimate of drug-likeness (QED) is 0.367. The number of halogens is 1. The standard InChI is InChI=1S/C19H17ClN2O5S/c1-25-18(24)12-8-11-13(21)16(15(23)9-4-6-10(20)7-5-9)28-17(11)22-14(12)19(26-2)27-3/h4-8,19H,21H2,1-3H3. The number of carbonyl (C=O) groups excluding carboxylic acids is 2. The molecule has 3 aromatic rings. The summed E-state index contributed by atoms with van der Waals surface area (Å²) in [5.41, 5.74) is 7.31. The Hall–Kier alpha value is -2.52. The van der Waals surface area contributed by atoms with Crippen LogP contribution in [-0.4, -0.2) is 38.1 Å². The SMILES string of the molecule is COC(=O)c1cc2c(N)c(C(=O)c3ccc(Cl)cc3)sc2nc1C(OC)OC. The highest BCUT2D eigenvalue weighted by atomic mass is 35.5. The van der Waals surface area contributed by atoms with Crippen molar-refractivity contribution >= 4 is 50.6 Å². The number of nitrogen functional groups attached to an aromatic ring is 1. The first-order valence-corrected chi connectivity index (χ1v) is 9.27. The van der Waals surface area contributed by atoms with Crippen LogP contribution in [0.2, 0.25) is 5.02 Å². The number of methoxy groups -OCH3 is 3. The van der Waals surface area contributed by atoms with E-state index in [1.54, 1.807) is 30.3 Å². The minimum absolute atomic E-state index is 0.152. The Labute approximate surface area is 170 Å². The number of thiophene rings is 1. The predicted molar refractivity (Wildman–Crippen MR) is 107 cm³/mol. The van der Waals surface area contributed by atoms with Crippen LogP contribution in [0.15, 0.2) is 30.3 Å². The molecule has 0 atom stereocenters. The number of nitrogens with two attached hydrogens (primary N) is 1. The van der Waals surface area contributed by atoms with Gasteiger partial charge in [0.05, 0.1) is 18.4 Å². The Morgan fingerprint density at radius 3 is 2.36 bits per heavy atom. The van der Waals surface area contributed by atoms with Gasteiger partial charge in [-0.15, -0.1) is 11.3 Å². The maximum atomic E-state index is 12.9. The van der Waals surface area contributed by atoms with Crippen molar-refractivity contribution in [1.29, 1.82) is 0 Å². The first-order valence-electron chi connectivity index (χ1n) is 8.08. The molecule has 2 N–H and O–H groups in total. The topological polar surface area (TPSA) is 101 Å². The third-order valence-electron chi connectivity index (χ3n) is 4.12. The van der Waals surface area contributed by atoms with Gasteiger partial charge < -0.3 is 19.9 Å². The molecule has 0 bridgehead atoms. The van der Waals surface area contributed by atoms with Crippen LogP contribution in [0.1, 0.15) is 37.6 Å². The first kappa shape index (κ1) is 20.2. The monoisotopic (exact) mass is 420 g/mol. The van der Waals surface area contributed by atoms with Crippen molar-refractivity contribution in [2.75, 3.05) is 27.1 Å². The van der Waals surface area contributed by atoms with Crippen molar-refractivity contribution in [3.05, 3.63) is 57.1 Å². The third-order valence-corrected chi connectivity index (χ3v) is 5.49. The molecular formula is C19H17ClN2O5S. The number of fused-ring (bicyclic) bond motifs is 1. The molecule has 0 unspecified atom stereocenters. The van der Waals surface area contributed by atoms with Crippen molar-refractivity contribution in [1.82, 2.24) is 4.98 Å². The normalized spacial score (nSPS) is 11.2. The fourth-order valence-corrected chi connectivity index (χ4v) is 3.90. The Kier molecular flexibility index (Phi) is 5.95. The van der Waals surface area contributed by atoms with Crippen molar-refractivity contribution in [3.63, 3.8) is 0 Å². The van der Waals surface area contributed by atoms with Gasteiger partial charge in [-0.3, -0.25) is 4.79 Å². The van der Waals surface area contributed by atoms with Gasteiger partial charge in [0, 0.05) is 30.2 Å². The van der Waals surface area contributed by atoms with Gasteiger partial charge >= 0.3 is 5.97 Å². The molecule has 3 rings (SSSR count). The second-order valence-corrected chi connectivity index (χ2v) is 7.19. The summed E-state index contributed by atoms with van der Waals surface area (Å²) in [5, 5.41) is 1.01. The Balaban J connectivity index is 2.18. The Morgan fingerprint density at radius 2 is 1.79 bits per heavy atom. The Morgan fingerprint density at radius 1 is 1.14 bits per heavy atom. The predicted octanol–water partition coefficient (Wildman–Crippen LogP) is 3.84. The minimum Gasteiger partial charge on any atom is -0.465 e. The van der Waals surface area contributed by atoms with Gasteiger partial charge in [0.25, 0.3) is 0 Å². The molecule has 0 radical (unpaired) electrons.